The molecule has 38 heavy (non-hydrogen) atoms. The van der Waals surface area contributed by atoms with Gasteiger partial charge in [0.05, 0.1) is 18.9 Å². The average Bonchev–Trinajstić information content (AvgIpc) is 2.82. The molecule has 1 saturated heterocycles. The number of carbonyl (C=O) groups is 5. The standard InChI is InChI=1S/C25H29NO12/c1-14(27)33-13-20-22(34-15(2)28)23(35-16(3)29)24(36-17(4)30)25(38-20)37-19-8-6-18(7-9-19)12-21(31)32-11-5-10-26/h6-9,20,22-25H,5,11-13H2,1-4H3/t20-,22+,23+,24-,25+/m1/s1. The van der Waals surface area contributed by atoms with Gasteiger partial charge in [0.1, 0.15) is 25.1 Å². The molecular weight excluding hydrogens is 506 g/mol. The third-order valence-corrected chi connectivity index (χ3v) is 4.95. The van der Waals surface area contributed by atoms with E-state index >= 15 is 0 Å². The van der Waals surface area contributed by atoms with Gasteiger partial charge in [0.2, 0.25) is 12.4 Å². The molecule has 0 aliphatic carbocycles. The van der Waals surface area contributed by atoms with E-state index in [9.17, 15) is 24.0 Å². The van der Waals surface area contributed by atoms with Gasteiger partial charge in [-0.1, -0.05) is 12.1 Å². The molecule has 0 spiro atoms. The van der Waals surface area contributed by atoms with Gasteiger partial charge in [-0.05, 0) is 17.7 Å². The third kappa shape index (κ3) is 9.70. The fraction of sp³-hybridized carbons (Fsp3) is 0.520. The van der Waals surface area contributed by atoms with Gasteiger partial charge in [-0.15, -0.1) is 0 Å². The van der Waals surface area contributed by atoms with Gasteiger partial charge in [0.15, 0.2) is 12.2 Å². The van der Waals surface area contributed by atoms with Crippen LogP contribution in [0.1, 0.15) is 39.7 Å². The minimum atomic E-state index is -1.38. The molecule has 0 radical (unpaired) electrons. The van der Waals surface area contributed by atoms with Crippen LogP contribution in [-0.4, -0.2) is 73.8 Å². The number of hydrogen-bond donors (Lipinski definition) is 0. The Hall–Kier alpha value is -4.18. The van der Waals surface area contributed by atoms with Gasteiger partial charge >= 0.3 is 29.8 Å². The molecule has 1 aliphatic heterocycles. The predicted octanol–water partition coefficient (Wildman–Crippen LogP) is 1.15. The number of hydrogen-bond acceptors (Lipinski definition) is 13. The molecule has 2 rings (SSSR count). The van der Waals surface area contributed by atoms with Crippen LogP contribution >= 0.6 is 0 Å². The van der Waals surface area contributed by atoms with E-state index in [1.807, 2.05) is 6.07 Å². The van der Waals surface area contributed by atoms with Gasteiger partial charge in [-0.25, -0.2) is 0 Å². The monoisotopic (exact) mass is 535 g/mol. The van der Waals surface area contributed by atoms with E-state index in [0.717, 1.165) is 20.8 Å². The molecule has 206 valence electrons. The summed E-state index contributed by atoms with van der Waals surface area (Å²) in [6, 6.07) is 8.10. The summed E-state index contributed by atoms with van der Waals surface area (Å²) in [5, 5.41) is 8.52. The lowest BCUT2D eigenvalue weighted by atomic mass is 9.98. The highest BCUT2D eigenvalue weighted by Crippen LogP contribution is 2.31. The van der Waals surface area contributed by atoms with Crippen molar-refractivity contribution in [3.8, 4) is 11.8 Å². The first kappa shape index (κ1) is 30.0. The van der Waals surface area contributed by atoms with Crippen molar-refractivity contribution in [1.29, 1.82) is 5.26 Å². The SMILES string of the molecule is CC(=O)OC[C@H]1O[C@H](Oc2ccc(CC(=O)OCCC#N)cc2)[C@H](OC(C)=O)[C@@H](OC(C)=O)[C@H]1OC(C)=O. The second-order valence-corrected chi connectivity index (χ2v) is 8.13. The van der Waals surface area contributed by atoms with E-state index in [1.165, 1.54) is 19.1 Å². The van der Waals surface area contributed by atoms with Crippen molar-refractivity contribution in [2.75, 3.05) is 13.2 Å². The number of nitrogens with zero attached hydrogens (tertiary/aromatic N) is 1. The molecule has 0 bridgehead atoms. The smallest absolute Gasteiger partial charge is 0.310 e. The first-order chi connectivity index (χ1) is 18.0. The maximum absolute atomic E-state index is 11.9. The van der Waals surface area contributed by atoms with Crippen molar-refractivity contribution in [3.63, 3.8) is 0 Å². The number of rotatable bonds is 11. The van der Waals surface area contributed by atoms with Crippen LogP contribution < -0.4 is 4.74 Å². The Morgan fingerprint density at radius 2 is 1.39 bits per heavy atom. The maximum Gasteiger partial charge on any atom is 0.310 e. The summed E-state index contributed by atoms with van der Waals surface area (Å²) in [6.45, 7) is 4.15. The van der Waals surface area contributed by atoms with Gasteiger partial charge in [0.25, 0.3) is 0 Å². The lowest BCUT2D eigenvalue weighted by Crippen LogP contribution is -2.63. The predicted molar refractivity (Wildman–Crippen MR) is 124 cm³/mol. The van der Waals surface area contributed by atoms with Crippen LogP contribution in [-0.2, 0) is 58.8 Å². The lowest BCUT2D eigenvalue weighted by Gasteiger charge is -2.43. The van der Waals surface area contributed by atoms with Crippen molar-refractivity contribution in [1.82, 2.24) is 0 Å². The Kier molecular flexibility index (Phi) is 11.5. The third-order valence-electron chi connectivity index (χ3n) is 4.95. The van der Waals surface area contributed by atoms with Crippen LogP contribution in [0.2, 0.25) is 0 Å². The van der Waals surface area contributed by atoms with E-state index in [4.69, 9.17) is 38.4 Å². The van der Waals surface area contributed by atoms with E-state index < -0.39 is 60.6 Å². The van der Waals surface area contributed by atoms with Crippen LogP contribution in [0.15, 0.2) is 24.3 Å². The zero-order valence-corrected chi connectivity index (χ0v) is 21.4. The number of carbonyl (C=O) groups excluding carboxylic acids is 5. The maximum atomic E-state index is 11.9. The molecule has 0 saturated carbocycles. The number of benzene rings is 1. The largest absolute Gasteiger partial charge is 0.464 e. The van der Waals surface area contributed by atoms with Crippen LogP contribution in [0.3, 0.4) is 0 Å². The quantitative estimate of drug-likeness (QED) is 0.224. The molecule has 13 nitrogen and oxygen atoms in total. The molecule has 5 atom stereocenters. The van der Waals surface area contributed by atoms with Crippen LogP contribution in [0.5, 0.6) is 5.75 Å². The van der Waals surface area contributed by atoms with Crippen molar-refractivity contribution >= 4 is 29.8 Å². The number of nitriles is 1. The highest BCUT2D eigenvalue weighted by atomic mass is 16.7. The Balaban J connectivity index is 2.30. The molecule has 1 fully saturated rings. The Bertz CT molecular complexity index is 1050. The topological polar surface area (TPSA) is 174 Å². The zero-order valence-electron chi connectivity index (χ0n) is 21.4. The summed E-state index contributed by atoms with van der Waals surface area (Å²) < 4.78 is 37.8. The lowest BCUT2D eigenvalue weighted by molar-refractivity contribution is -0.288. The fourth-order valence-corrected chi connectivity index (χ4v) is 3.53. The van der Waals surface area contributed by atoms with Crippen molar-refractivity contribution in [3.05, 3.63) is 29.8 Å². The molecule has 0 amide bonds. The summed E-state index contributed by atoms with van der Waals surface area (Å²) >= 11 is 0. The first-order valence-corrected chi connectivity index (χ1v) is 11.6. The van der Waals surface area contributed by atoms with Gasteiger partial charge in [-0.3, -0.25) is 24.0 Å². The molecular formula is C25H29NO12. The van der Waals surface area contributed by atoms with Gasteiger partial charge in [-0.2, -0.15) is 5.26 Å². The summed E-state index contributed by atoms with van der Waals surface area (Å²) in [5.74, 6) is -3.18. The van der Waals surface area contributed by atoms with E-state index in [-0.39, 0.29) is 31.8 Å². The Morgan fingerprint density at radius 3 is 1.95 bits per heavy atom. The molecule has 0 N–H and O–H groups in total. The minimum Gasteiger partial charge on any atom is -0.464 e. The van der Waals surface area contributed by atoms with Gasteiger partial charge < -0.3 is 33.2 Å². The van der Waals surface area contributed by atoms with Crippen molar-refractivity contribution < 1.29 is 57.1 Å². The molecule has 1 aromatic rings. The molecule has 1 aliphatic rings. The highest BCUT2D eigenvalue weighted by molar-refractivity contribution is 5.72. The number of ether oxygens (including phenoxy) is 7. The van der Waals surface area contributed by atoms with Crippen LogP contribution in [0.25, 0.3) is 0 Å². The van der Waals surface area contributed by atoms with Gasteiger partial charge in [0, 0.05) is 27.7 Å². The summed E-state index contributed by atoms with van der Waals surface area (Å²) in [5.41, 5.74) is 0.598. The molecule has 1 aromatic carbocycles. The highest BCUT2D eigenvalue weighted by Gasteiger charge is 2.53. The second kappa shape index (κ2) is 14.5. The molecule has 13 heteroatoms. The van der Waals surface area contributed by atoms with Crippen LogP contribution in [0.4, 0.5) is 0 Å². The van der Waals surface area contributed by atoms with E-state index in [1.54, 1.807) is 12.1 Å². The van der Waals surface area contributed by atoms with Crippen molar-refractivity contribution in [2.45, 2.75) is 71.2 Å². The second-order valence-electron chi connectivity index (χ2n) is 8.13. The fourth-order valence-electron chi connectivity index (χ4n) is 3.53. The van der Waals surface area contributed by atoms with Crippen molar-refractivity contribution in [2.24, 2.45) is 0 Å². The molecule has 0 aromatic heterocycles. The summed E-state index contributed by atoms with van der Waals surface area (Å²) in [7, 11) is 0. The number of esters is 5. The molecule has 1 heterocycles. The van der Waals surface area contributed by atoms with E-state index in [2.05, 4.69) is 0 Å². The Morgan fingerprint density at radius 1 is 0.816 bits per heavy atom. The minimum absolute atomic E-state index is 0.000565. The molecule has 0 unspecified atom stereocenters. The van der Waals surface area contributed by atoms with Crippen LogP contribution in [0, 0.1) is 11.3 Å². The average molecular weight is 536 g/mol. The van der Waals surface area contributed by atoms with E-state index in [0.29, 0.717) is 5.56 Å². The summed E-state index contributed by atoms with van der Waals surface area (Å²) in [4.78, 5) is 58.9. The Labute approximate surface area is 218 Å². The summed E-state index contributed by atoms with van der Waals surface area (Å²) in [6.07, 6.45) is -6.50. The first-order valence-electron chi connectivity index (χ1n) is 11.6. The normalized spacial score (nSPS) is 22.2. The zero-order chi connectivity index (χ0) is 28.2.